The van der Waals surface area contributed by atoms with Crippen LogP contribution in [0.4, 0.5) is 38.0 Å². The highest BCUT2D eigenvalue weighted by Crippen LogP contribution is 2.41. The van der Waals surface area contributed by atoms with Crippen molar-refractivity contribution in [3.05, 3.63) is 65.0 Å². The first kappa shape index (κ1) is 25.0. The molecule has 12 heteroatoms. The number of aryl methyl sites for hydroxylation is 1. The zero-order valence-electron chi connectivity index (χ0n) is 20.4. The van der Waals surface area contributed by atoms with Crippen molar-refractivity contribution < 1.29 is 26.3 Å². The zero-order valence-corrected chi connectivity index (χ0v) is 20.4. The smallest absolute Gasteiger partial charge is 0.371 e. The van der Waals surface area contributed by atoms with E-state index in [9.17, 15) is 26.3 Å². The van der Waals surface area contributed by atoms with E-state index in [0.717, 1.165) is 37.8 Å². The van der Waals surface area contributed by atoms with Gasteiger partial charge in [-0.1, -0.05) is 12.5 Å². The SMILES string of the molecule is Fc1ccc(C2CCCCn3nc(N[C@H]4[C@@H]5CC[C@H]4CN(c4ccnc(C(F)(F)F)c4)C5)nc32)c(F)c1F. The molecule has 6 rings (SSSR count). The summed E-state index contributed by atoms with van der Waals surface area (Å²) in [6.45, 7) is 1.76. The second kappa shape index (κ2) is 9.46. The maximum Gasteiger partial charge on any atom is 0.433 e. The maximum absolute atomic E-state index is 14.7. The van der Waals surface area contributed by atoms with Crippen LogP contribution < -0.4 is 10.2 Å². The number of alkyl halides is 3. The molecule has 1 aliphatic carbocycles. The third-order valence-electron chi connectivity index (χ3n) is 8.09. The second-order valence-corrected chi connectivity index (χ2v) is 10.4. The van der Waals surface area contributed by atoms with Gasteiger partial charge in [0.05, 0.1) is 0 Å². The van der Waals surface area contributed by atoms with Crippen molar-refractivity contribution in [1.29, 1.82) is 0 Å². The summed E-state index contributed by atoms with van der Waals surface area (Å²) < 4.78 is 83.4. The molecule has 4 heterocycles. The average molecular weight is 537 g/mol. The first-order valence-electron chi connectivity index (χ1n) is 12.8. The van der Waals surface area contributed by atoms with E-state index in [-0.39, 0.29) is 23.4 Å². The monoisotopic (exact) mass is 536 g/mol. The van der Waals surface area contributed by atoms with E-state index in [1.165, 1.54) is 12.3 Å². The molecule has 3 aliphatic rings. The summed E-state index contributed by atoms with van der Waals surface area (Å²) in [6.07, 6.45) is 0.644. The van der Waals surface area contributed by atoms with Crippen LogP contribution in [0.1, 0.15) is 55.1 Å². The van der Waals surface area contributed by atoms with Gasteiger partial charge in [-0.05, 0) is 55.7 Å². The molecule has 0 amide bonds. The normalized spacial score (nSPS) is 25.3. The molecule has 2 fully saturated rings. The van der Waals surface area contributed by atoms with Crippen molar-refractivity contribution in [2.75, 3.05) is 23.3 Å². The largest absolute Gasteiger partial charge is 0.433 e. The zero-order chi connectivity index (χ0) is 26.6. The highest BCUT2D eigenvalue weighted by molar-refractivity contribution is 5.49. The predicted molar refractivity (Wildman–Crippen MR) is 127 cm³/mol. The molecule has 2 aliphatic heterocycles. The molecule has 0 spiro atoms. The Hall–Kier alpha value is -3.31. The molecule has 3 aromatic rings. The number of pyridine rings is 1. The van der Waals surface area contributed by atoms with Gasteiger partial charge < -0.3 is 10.2 Å². The van der Waals surface area contributed by atoms with Gasteiger partial charge in [-0.15, -0.1) is 5.10 Å². The second-order valence-electron chi connectivity index (χ2n) is 10.4. The van der Waals surface area contributed by atoms with Crippen LogP contribution in [0, 0.1) is 29.3 Å². The summed E-state index contributed by atoms with van der Waals surface area (Å²) in [6, 6.07) is 4.95. The number of fused-ring (bicyclic) bond motifs is 3. The summed E-state index contributed by atoms with van der Waals surface area (Å²) in [5.41, 5.74) is -0.334. The fourth-order valence-corrected chi connectivity index (χ4v) is 6.27. The topological polar surface area (TPSA) is 58.9 Å². The van der Waals surface area contributed by atoms with Gasteiger partial charge in [-0.25, -0.2) is 17.9 Å². The van der Waals surface area contributed by atoms with Gasteiger partial charge in [0.2, 0.25) is 5.95 Å². The van der Waals surface area contributed by atoms with Gasteiger partial charge in [-0.2, -0.15) is 18.2 Å². The Morgan fingerprint density at radius 1 is 0.921 bits per heavy atom. The number of aromatic nitrogens is 4. The Balaban J connectivity index is 1.22. The van der Waals surface area contributed by atoms with E-state index in [1.54, 1.807) is 10.7 Å². The number of hydrogen-bond acceptors (Lipinski definition) is 5. The lowest BCUT2D eigenvalue weighted by atomic mass is 9.91. The lowest BCUT2D eigenvalue weighted by molar-refractivity contribution is -0.141. The molecular formula is C26H26F6N6. The Labute approximate surface area is 215 Å². The molecule has 202 valence electrons. The molecule has 6 nitrogen and oxygen atoms in total. The Bertz CT molecular complexity index is 1330. The summed E-state index contributed by atoms with van der Waals surface area (Å²) in [7, 11) is 0. The number of hydrogen-bond donors (Lipinski definition) is 1. The number of halogens is 6. The highest BCUT2D eigenvalue weighted by atomic mass is 19.4. The minimum atomic E-state index is -4.50. The van der Waals surface area contributed by atoms with E-state index in [1.807, 2.05) is 4.90 Å². The van der Waals surface area contributed by atoms with Crippen LogP contribution in [0.25, 0.3) is 0 Å². The summed E-state index contributed by atoms with van der Waals surface area (Å²) in [4.78, 5) is 10.1. The standard InChI is InChI=1S/C26H26F6N6/c27-19-7-6-17(21(28)22(19)29)18-3-1-2-10-38-24(18)35-25(36-38)34-23-14-4-5-15(23)13-37(12-14)16-8-9-33-20(11-16)26(30,31)32/h6-9,11,14-15,18,23H,1-5,10,12-13H2,(H,34,36)/t14-,15+,18?,23+. The van der Waals surface area contributed by atoms with E-state index in [0.29, 0.717) is 43.5 Å². The van der Waals surface area contributed by atoms with Crippen LogP contribution in [0.2, 0.25) is 0 Å². The van der Waals surface area contributed by atoms with Gasteiger partial charge in [0.15, 0.2) is 17.5 Å². The Morgan fingerprint density at radius 3 is 2.42 bits per heavy atom. The van der Waals surface area contributed by atoms with Gasteiger partial charge in [-0.3, -0.25) is 4.98 Å². The first-order valence-corrected chi connectivity index (χ1v) is 12.8. The summed E-state index contributed by atoms with van der Waals surface area (Å²) in [5.74, 6) is -3.20. The van der Waals surface area contributed by atoms with E-state index >= 15 is 0 Å². The summed E-state index contributed by atoms with van der Waals surface area (Å²) in [5, 5.41) is 8.07. The fraction of sp³-hybridized carbons (Fsp3) is 0.500. The number of nitrogens with one attached hydrogen (secondary N) is 1. The Kier molecular flexibility index (Phi) is 6.22. The number of piperidine rings is 1. The van der Waals surface area contributed by atoms with Gasteiger partial charge in [0.25, 0.3) is 0 Å². The maximum atomic E-state index is 14.7. The van der Waals surface area contributed by atoms with Crippen LogP contribution in [0.15, 0.2) is 30.5 Å². The van der Waals surface area contributed by atoms with Crippen molar-refractivity contribution in [2.24, 2.45) is 11.8 Å². The molecule has 1 saturated carbocycles. The third kappa shape index (κ3) is 4.47. The molecule has 1 aromatic carbocycles. The molecule has 1 N–H and O–H groups in total. The molecule has 1 unspecified atom stereocenters. The van der Waals surface area contributed by atoms with Gasteiger partial charge >= 0.3 is 6.18 Å². The van der Waals surface area contributed by atoms with Gasteiger partial charge in [0.1, 0.15) is 11.5 Å². The number of nitrogens with zero attached hydrogens (tertiary/aromatic N) is 5. The van der Waals surface area contributed by atoms with E-state index < -0.39 is 35.2 Å². The molecule has 4 atom stereocenters. The van der Waals surface area contributed by atoms with Crippen LogP contribution in [-0.4, -0.2) is 38.9 Å². The Morgan fingerprint density at radius 2 is 1.68 bits per heavy atom. The number of benzene rings is 1. The van der Waals surface area contributed by atoms with Crippen molar-refractivity contribution in [1.82, 2.24) is 19.7 Å². The fourth-order valence-electron chi connectivity index (χ4n) is 6.27. The predicted octanol–water partition coefficient (Wildman–Crippen LogP) is 5.75. The minimum absolute atomic E-state index is 0.0419. The lowest BCUT2D eigenvalue weighted by Gasteiger charge is -2.39. The highest BCUT2D eigenvalue weighted by Gasteiger charge is 2.43. The molecule has 2 bridgehead atoms. The first-order chi connectivity index (χ1) is 18.2. The quantitative estimate of drug-likeness (QED) is 0.340. The van der Waals surface area contributed by atoms with E-state index in [4.69, 9.17) is 0 Å². The summed E-state index contributed by atoms with van der Waals surface area (Å²) >= 11 is 0. The van der Waals surface area contributed by atoms with Crippen molar-refractivity contribution in [3.8, 4) is 0 Å². The molecular weight excluding hydrogens is 510 g/mol. The van der Waals surface area contributed by atoms with Gasteiger partial charge in [0, 0.05) is 49.0 Å². The van der Waals surface area contributed by atoms with Crippen LogP contribution in [0.3, 0.4) is 0 Å². The van der Waals surface area contributed by atoms with Crippen molar-refractivity contribution in [3.63, 3.8) is 0 Å². The average Bonchev–Trinajstić information content (AvgIpc) is 3.30. The number of anilines is 2. The molecule has 2 aromatic heterocycles. The minimum Gasteiger partial charge on any atom is -0.371 e. The van der Waals surface area contributed by atoms with Crippen LogP contribution in [-0.2, 0) is 12.7 Å². The van der Waals surface area contributed by atoms with E-state index in [2.05, 4.69) is 20.4 Å². The van der Waals surface area contributed by atoms with Crippen LogP contribution >= 0.6 is 0 Å². The number of rotatable bonds is 4. The van der Waals surface area contributed by atoms with Crippen LogP contribution in [0.5, 0.6) is 0 Å². The molecule has 1 saturated heterocycles. The molecule has 0 radical (unpaired) electrons. The molecule has 38 heavy (non-hydrogen) atoms. The van der Waals surface area contributed by atoms with Crippen molar-refractivity contribution >= 4 is 11.6 Å². The van der Waals surface area contributed by atoms with Crippen molar-refractivity contribution in [2.45, 2.75) is 56.8 Å². The third-order valence-corrected chi connectivity index (χ3v) is 8.09. The lowest BCUT2D eigenvalue weighted by Crippen LogP contribution is -2.48.